The Labute approximate surface area is 219 Å². The van der Waals surface area contributed by atoms with Crippen molar-refractivity contribution in [2.45, 2.75) is 25.4 Å². The van der Waals surface area contributed by atoms with Gasteiger partial charge in [-0.1, -0.05) is 29.8 Å². The van der Waals surface area contributed by atoms with E-state index < -0.39 is 30.0 Å². The van der Waals surface area contributed by atoms with Crippen LogP contribution in [0.3, 0.4) is 0 Å². The number of aromatic nitrogens is 8. The number of anilines is 2. The fraction of sp³-hybridized carbons (Fsp3) is 0.240. The molecule has 4 aromatic heterocycles. The molecule has 0 spiro atoms. The van der Waals surface area contributed by atoms with Crippen molar-refractivity contribution in [1.29, 1.82) is 0 Å². The predicted molar refractivity (Wildman–Crippen MR) is 135 cm³/mol. The van der Waals surface area contributed by atoms with Crippen molar-refractivity contribution in [1.82, 2.24) is 39.1 Å². The number of hydrogen-bond acceptors (Lipinski definition) is 6. The average molecular weight is 540 g/mol. The molecule has 9 nitrogen and oxygen atoms in total. The molecule has 0 saturated carbocycles. The van der Waals surface area contributed by atoms with Gasteiger partial charge in [0.05, 0.1) is 28.6 Å². The molecule has 0 aliphatic carbocycles. The van der Waals surface area contributed by atoms with E-state index in [0.717, 1.165) is 5.56 Å². The lowest BCUT2D eigenvalue weighted by molar-refractivity contribution is 0.0259. The van der Waals surface area contributed by atoms with Crippen LogP contribution >= 0.6 is 11.6 Å². The van der Waals surface area contributed by atoms with Crippen LogP contribution in [0.5, 0.6) is 0 Å². The fourth-order valence-electron chi connectivity index (χ4n) is 4.67. The minimum Gasteiger partial charge on any atom is -0.342 e. The van der Waals surface area contributed by atoms with Crippen LogP contribution in [0.25, 0.3) is 22.8 Å². The third kappa shape index (κ3) is 3.83. The zero-order valence-electron chi connectivity index (χ0n) is 20.3. The Hall–Kier alpha value is -4.19. The molecule has 5 aromatic rings. The van der Waals surface area contributed by atoms with Gasteiger partial charge in [0, 0.05) is 43.2 Å². The summed E-state index contributed by atoms with van der Waals surface area (Å²) in [6, 6.07) is 8.29. The van der Waals surface area contributed by atoms with Crippen LogP contribution in [0.1, 0.15) is 23.0 Å². The van der Waals surface area contributed by atoms with Gasteiger partial charge in [-0.25, -0.2) is 14.4 Å². The molecule has 1 atom stereocenters. The van der Waals surface area contributed by atoms with Gasteiger partial charge in [-0.2, -0.15) is 13.9 Å². The highest BCUT2D eigenvalue weighted by Gasteiger charge is 2.45. The van der Waals surface area contributed by atoms with E-state index in [2.05, 4.69) is 30.6 Å². The summed E-state index contributed by atoms with van der Waals surface area (Å²) < 4.78 is 50.1. The quantitative estimate of drug-likeness (QED) is 0.314. The highest BCUT2D eigenvalue weighted by atomic mass is 35.5. The molecular formula is C25H21ClF3N9. The Morgan fingerprint density at radius 3 is 2.74 bits per heavy atom. The van der Waals surface area contributed by atoms with Gasteiger partial charge in [0.15, 0.2) is 5.82 Å². The highest BCUT2D eigenvalue weighted by molar-refractivity contribution is 6.31. The molecule has 1 aliphatic rings. The van der Waals surface area contributed by atoms with Gasteiger partial charge in [-0.15, -0.1) is 10.2 Å². The van der Waals surface area contributed by atoms with Crippen LogP contribution in [0.15, 0.2) is 55.0 Å². The predicted octanol–water partition coefficient (Wildman–Crippen LogP) is 5.31. The van der Waals surface area contributed by atoms with Crippen molar-refractivity contribution >= 4 is 23.4 Å². The number of alkyl halides is 3. The maximum atomic E-state index is 15.6. The number of halogens is 4. The zero-order valence-corrected chi connectivity index (χ0v) is 21.0. The van der Waals surface area contributed by atoms with Crippen LogP contribution < -0.4 is 5.32 Å². The van der Waals surface area contributed by atoms with Crippen LogP contribution in [0.2, 0.25) is 5.02 Å². The number of benzene rings is 1. The van der Waals surface area contributed by atoms with Gasteiger partial charge in [-0.3, -0.25) is 9.25 Å². The van der Waals surface area contributed by atoms with E-state index in [1.54, 1.807) is 46.9 Å². The van der Waals surface area contributed by atoms with Gasteiger partial charge in [0.25, 0.3) is 0 Å². The smallest absolute Gasteiger partial charge is 0.333 e. The molecule has 1 N–H and O–H groups in total. The van der Waals surface area contributed by atoms with E-state index >= 15 is 8.78 Å². The van der Waals surface area contributed by atoms with E-state index in [0.29, 0.717) is 28.7 Å². The number of rotatable bonds is 6. The molecule has 0 amide bonds. The monoisotopic (exact) mass is 539 g/mol. The second-order valence-electron chi connectivity index (χ2n) is 9.04. The minimum atomic E-state index is -3.58. The molecule has 194 valence electrons. The normalized spacial score (nSPS) is 14.8. The maximum Gasteiger partial charge on any atom is 0.333 e. The van der Waals surface area contributed by atoms with Crippen molar-refractivity contribution in [2.24, 2.45) is 7.05 Å². The molecule has 0 fully saturated rings. The summed E-state index contributed by atoms with van der Waals surface area (Å²) in [7, 11) is 1.79. The molecule has 0 radical (unpaired) electrons. The first-order chi connectivity index (χ1) is 18.3. The van der Waals surface area contributed by atoms with Crippen LogP contribution in [0, 0.1) is 6.92 Å². The second-order valence-corrected chi connectivity index (χ2v) is 9.44. The Balaban J connectivity index is 1.42. The SMILES string of the molecule is Cc1cnc(Nc2ccnn2C)nc1-c1cc2n(c1)C[C@H](CF)n1c-2nnc1C(F)(F)c1ccccc1Cl. The number of fused-ring (bicyclic) bond motifs is 3. The van der Waals surface area contributed by atoms with Gasteiger partial charge >= 0.3 is 5.92 Å². The van der Waals surface area contributed by atoms with E-state index in [1.165, 1.54) is 22.8 Å². The summed E-state index contributed by atoms with van der Waals surface area (Å²) in [6.07, 6.45) is 5.15. The Bertz CT molecular complexity index is 1660. The summed E-state index contributed by atoms with van der Waals surface area (Å²) in [5.41, 5.74) is 2.26. The zero-order chi connectivity index (χ0) is 26.6. The summed E-state index contributed by atoms with van der Waals surface area (Å²) in [6.45, 7) is 1.11. The topological polar surface area (TPSA) is 91.3 Å². The molecule has 0 saturated heterocycles. The molecular weight excluding hydrogens is 519 g/mol. The summed E-state index contributed by atoms with van der Waals surface area (Å²) in [5.74, 6) is -3.01. The van der Waals surface area contributed by atoms with Crippen molar-refractivity contribution in [3.63, 3.8) is 0 Å². The van der Waals surface area contributed by atoms with Crippen LogP contribution in [-0.2, 0) is 19.5 Å². The molecule has 1 aliphatic heterocycles. The third-order valence-corrected chi connectivity index (χ3v) is 6.90. The first kappa shape index (κ1) is 24.2. The lowest BCUT2D eigenvalue weighted by atomic mass is 10.1. The number of aryl methyl sites for hydroxylation is 2. The van der Waals surface area contributed by atoms with Crippen molar-refractivity contribution in [3.8, 4) is 22.8 Å². The maximum absolute atomic E-state index is 15.6. The van der Waals surface area contributed by atoms with E-state index in [-0.39, 0.29) is 17.4 Å². The van der Waals surface area contributed by atoms with Gasteiger partial charge in [-0.05, 0) is 24.6 Å². The molecule has 0 bridgehead atoms. The minimum absolute atomic E-state index is 0.108. The number of hydrogen-bond donors (Lipinski definition) is 1. The summed E-state index contributed by atoms with van der Waals surface area (Å²) >= 11 is 6.07. The molecule has 6 rings (SSSR count). The lowest BCUT2D eigenvalue weighted by Crippen LogP contribution is -2.30. The summed E-state index contributed by atoms with van der Waals surface area (Å²) in [4.78, 5) is 9.01. The fourth-order valence-corrected chi connectivity index (χ4v) is 4.93. The molecule has 13 heteroatoms. The van der Waals surface area contributed by atoms with Crippen molar-refractivity contribution in [3.05, 3.63) is 77.0 Å². The van der Waals surface area contributed by atoms with E-state index in [4.69, 9.17) is 11.6 Å². The molecule has 38 heavy (non-hydrogen) atoms. The molecule has 5 heterocycles. The van der Waals surface area contributed by atoms with E-state index in [1.807, 2.05) is 13.1 Å². The van der Waals surface area contributed by atoms with Crippen molar-refractivity contribution in [2.75, 3.05) is 12.0 Å². The van der Waals surface area contributed by atoms with Crippen molar-refractivity contribution < 1.29 is 13.2 Å². The molecule has 0 unspecified atom stereocenters. The third-order valence-electron chi connectivity index (χ3n) is 6.57. The Kier molecular flexibility index (Phi) is 5.71. The highest BCUT2D eigenvalue weighted by Crippen LogP contribution is 2.43. The van der Waals surface area contributed by atoms with Gasteiger partial charge < -0.3 is 9.88 Å². The Morgan fingerprint density at radius 2 is 2.00 bits per heavy atom. The number of nitrogens with one attached hydrogen (secondary N) is 1. The van der Waals surface area contributed by atoms with Crippen LogP contribution in [0.4, 0.5) is 24.9 Å². The largest absolute Gasteiger partial charge is 0.342 e. The first-order valence-corrected chi connectivity index (χ1v) is 12.1. The first-order valence-electron chi connectivity index (χ1n) is 11.7. The van der Waals surface area contributed by atoms with E-state index in [9.17, 15) is 4.39 Å². The van der Waals surface area contributed by atoms with Crippen LogP contribution in [-0.4, -0.2) is 45.8 Å². The average Bonchev–Trinajstić information content (AvgIpc) is 3.63. The number of nitrogens with zero attached hydrogens (tertiary/aromatic N) is 8. The molecule has 1 aromatic carbocycles. The lowest BCUT2D eigenvalue weighted by Gasteiger charge is -2.28. The Morgan fingerprint density at radius 1 is 1.18 bits per heavy atom. The van der Waals surface area contributed by atoms with Gasteiger partial charge in [0.2, 0.25) is 11.8 Å². The summed E-state index contributed by atoms with van der Waals surface area (Å²) in [5, 5.41) is 15.0. The second kappa shape index (κ2) is 8.98. The van der Waals surface area contributed by atoms with Gasteiger partial charge in [0.1, 0.15) is 12.5 Å². The standard InChI is InChI=1S/C25H21ClF3N9/c1-14-11-30-24(32-20-7-8-31-36(20)2)33-21(14)15-9-19-22-34-35-23(38(22)16(10-27)13-37(19)12-15)25(28,29)17-5-3-4-6-18(17)26/h3-9,11-12,16H,10,13H2,1-2H3,(H,30,32,33)/t16-/m0/s1.